The molecule has 0 aliphatic rings. The van der Waals surface area contributed by atoms with Crippen molar-refractivity contribution in [1.82, 2.24) is 9.97 Å². The maximum absolute atomic E-state index is 4.56. The zero-order chi connectivity index (χ0) is 15.0. The highest BCUT2D eigenvalue weighted by Gasteiger charge is 2.08. The third kappa shape index (κ3) is 2.90. The van der Waals surface area contributed by atoms with Gasteiger partial charge in [-0.2, -0.15) is 0 Å². The van der Waals surface area contributed by atoms with Crippen LogP contribution in [-0.4, -0.2) is 9.97 Å². The molecule has 0 fully saturated rings. The summed E-state index contributed by atoms with van der Waals surface area (Å²) in [5.41, 5.74) is 4.46. The lowest BCUT2D eigenvalue weighted by molar-refractivity contribution is 1.09. The van der Waals surface area contributed by atoms with E-state index < -0.39 is 0 Å². The van der Waals surface area contributed by atoms with Gasteiger partial charge in [-0.3, -0.25) is 0 Å². The van der Waals surface area contributed by atoms with Crippen LogP contribution in [-0.2, 0) is 0 Å². The van der Waals surface area contributed by atoms with E-state index in [-0.39, 0.29) is 0 Å². The molecule has 1 N–H and O–H groups in total. The molecule has 1 aromatic heterocycles. The van der Waals surface area contributed by atoms with Gasteiger partial charge in [0.1, 0.15) is 11.6 Å². The van der Waals surface area contributed by atoms with Gasteiger partial charge in [-0.15, -0.1) is 0 Å². The van der Waals surface area contributed by atoms with Crippen molar-refractivity contribution in [1.29, 1.82) is 0 Å². The third-order valence-corrected chi connectivity index (χ3v) is 4.00. The maximum atomic E-state index is 4.56. The van der Waals surface area contributed by atoms with Crippen LogP contribution in [0.1, 0.15) is 17.0 Å². The van der Waals surface area contributed by atoms with Crippen molar-refractivity contribution in [3.63, 3.8) is 0 Å². The van der Waals surface area contributed by atoms with Crippen LogP contribution >= 0.6 is 15.9 Å². The molecule has 0 unspecified atom stereocenters. The Bertz CT molecular complexity index is 828. The van der Waals surface area contributed by atoms with Gasteiger partial charge in [0, 0.05) is 15.5 Å². The normalized spacial score (nSPS) is 10.9. The van der Waals surface area contributed by atoms with Gasteiger partial charge < -0.3 is 5.32 Å². The van der Waals surface area contributed by atoms with E-state index in [1.807, 2.05) is 31.2 Å². The van der Waals surface area contributed by atoms with E-state index in [4.69, 9.17) is 0 Å². The first-order valence-electron chi connectivity index (χ1n) is 6.81. The fraction of sp³-hybridized carbons (Fsp3) is 0.176. The van der Waals surface area contributed by atoms with Crippen LogP contribution < -0.4 is 5.32 Å². The number of nitrogens with zero attached hydrogens (tertiary/aromatic N) is 2. The lowest BCUT2D eigenvalue weighted by Gasteiger charge is -2.11. The van der Waals surface area contributed by atoms with Crippen molar-refractivity contribution in [3.05, 3.63) is 57.8 Å². The highest BCUT2D eigenvalue weighted by atomic mass is 79.9. The molecule has 0 spiro atoms. The van der Waals surface area contributed by atoms with E-state index in [2.05, 4.69) is 57.2 Å². The first kappa shape index (κ1) is 14.0. The second-order valence-corrected chi connectivity index (χ2v) is 6.12. The number of hydrogen-bond donors (Lipinski definition) is 1. The van der Waals surface area contributed by atoms with E-state index >= 15 is 0 Å². The monoisotopic (exact) mass is 341 g/mol. The number of nitrogens with one attached hydrogen (secondary N) is 1. The second kappa shape index (κ2) is 5.45. The second-order valence-electron chi connectivity index (χ2n) is 5.21. The van der Waals surface area contributed by atoms with Crippen LogP contribution in [0, 0.1) is 20.8 Å². The van der Waals surface area contributed by atoms with Gasteiger partial charge in [0.25, 0.3) is 0 Å². The first-order valence-corrected chi connectivity index (χ1v) is 7.60. The Labute approximate surface area is 132 Å². The summed E-state index contributed by atoms with van der Waals surface area (Å²) in [7, 11) is 0. The van der Waals surface area contributed by atoms with Gasteiger partial charge in [0.2, 0.25) is 0 Å². The lowest BCUT2D eigenvalue weighted by atomic mass is 10.1. The molecule has 3 rings (SSSR count). The Balaban J connectivity index is 2.15. The summed E-state index contributed by atoms with van der Waals surface area (Å²) in [5.74, 6) is 1.61. The molecule has 0 saturated heterocycles. The Morgan fingerprint density at radius 3 is 2.48 bits per heavy atom. The van der Waals surface area contributed by atoms with E-state index in [0.717, 1.165) is 32.7 Å². The number of anilines is 2. The predicted molar refractivity (Wildman–Crippen MR) is 91.2 cm³/mol. The highest BCUT2D eigenvalue weighted by Crippen LogP contribution is 2.27. The van der Waals surface area contributed by atoms with Crippen LogP contribution in [0.5, 0.6) is 0 Å². The zero-order valence-corrected chi connectivity index (χ0v) is 13.8. The molecule has 3 aromatic rings. The van der Waals surface area contributed by atoms with Gasteiger partial charge in [0.15, 0.2) is 0 Å². The number of fused-ring (bicyclic) bond motifs is 1. The molecule has 21 heavy (non-hydrogen) atoms. The molecule has 3 nitrogen and oxygen atoms in total. The average Bonchev–Trinajstić information content (AvgIpc) is 2.41. The molecular formula is C17H16BrN3. The Hall–Kier alpha value is -1.94. The molecule has 0 bridgehead atoms. The van der Waals surface area contributed by atoms with Crippen molar-refractivity contribution in [3.8, 4) is 0 Å². The molecule has 4 heteroatoms. The Morgan fingerprint density at radius 2 is 1.71 bits per heavy atom. The molecule has 0 saturated carbocycles. The molecule has 0 amide bonds. The molecule has 1 heterocycles. The predicted octanol–water partition coefficient (Wildman–Crippen LogP) is 5.06. The molecule has 0 aliphatic carbocycles. The number of hydrogen-bond acceptors (Lipinski definition) is 3. The first-order chi connectivity index (χ1) is 10.0. The Kier molecular flexibility index (Phi) is 3.64. The molecule has 0 radical (unpaired) electrons. The molecule has 0 aliphatic heterocycles. The summed E-state index contributed by atoms with van der Waals surface area (Å²) in [5, 5.41) is 4.44. The van der Waals surface area contributed by atoms with Gasteiger partial charge >= 0.3 is 0 Å². The zero-order valence-electron chi connectivity index (χ0n) is 12.2. The highest BCUT2D eigenvalue weighted by molar-refractivity contribution is 9.10. The van der Waals surface area contributed by atoms with E-state index in [0.29, 0.717) is 0 Å². The van der Waals surface area contributed by atoms with Crippen LogP contribution in [0.4, 0.5) is 11.5 Å². The maximum Gasteiger partial charge on any atom is 0.142 e. The van der Waals surface area contributed by atoms with E-state index in [1.165, 1.54) is 11.1 Å². The van der Waals surface area contributed by atoms with Crippen LogP contribution in [0.3, 0.4) is 0 Å². The fourth-order valence-corrected chi connectivity index (χ4v) is 2.70. The fourth-order valence-electron chi connectivity index (χ4n) is 2.30. The van der Waals surface area contributed by atoms with Gasteiger partial charge in [0.05, 0.1) is 5.52 Å². The topological polar surface area (TPSA) is 37.8 Å². The minimum atomic E-state index is 0.767. The standard InChI is InChI=1S/C17H16BrN3/c1-10-7-15-16(8-11(10)2)19-12(3)20-17(15)21-14-6-4-5-13(18)9-14/h4-9H,1-3H3,(H,19,20,21). The third-order valence-electron chi connectivity index (χ3n) is 3.51. The average molecular weight is 342 g/mol. The summed E-state index contributed by atoms with van der Waals surface area (Å²) in [6.07, 6.45) is 0. The minimum Gasteiger partial charge on any atom is -0.340 e. The number of aryl methyl sites for hydroxylation is 3. The smallest absolute Gasteiger partial charge is 0.142 e. The van der Waals surface area contributed by atoms with Crippen molar-refractivity contribution in [2.45, 2.75) is 20.8 Å². The van der Waals surface area contributed by atoms with Gasteiger partial charge in [-0.05, 0) is 62.2 Å². The lowest BCUT2D eigenvalue weighted by Crippen LogP contribution is -2.00. The van der Waals surface area contributed by atoms with Gasteiger partial charge in [-0.25, -0.2) is 9.97 Å². The van der Waals surface area contributed by atoms with Crippen molar-refractivity contribution in [2.24, 2.45) is 0 Å². The van der Waals surface area contributed by atoms with Crippen LogP contribution in [0.25, 0.3) is 10.9 Å². The van der Waals surface area contributed by atoms with Gasteiger partial charge in [-0.1, -0.05) is 22.0 Å². The van der Waals surface area contributed by atoms with E-state index in [9.17, 15) is 0 Å². The van der Waals surface area contributed by atoms with Crippen LogP contribution in [0.15, 0.2) is 40.9 Å². The number of benzene rings is 2. The van der Waals surface area contributed by atoms with Crippen LogP contribution in [0.2, 0.25) is 0 Å². The molecule has 106 valence electrons. The summed E-state index contributed by atoms with van der Waals surface area (Å²) in [4.78, 5) is 9.10. The molecular weight excluding hydrogens is 326 g/mol. The number of halogens is 1. The number of rotatable bonds is 2. The number of aromatic nitrogens is 2. The molecule has 2 aromatic carbocycles. The van der Waals surface area contributed by atoms with E-state index in [1.54, 1.807) is 0 Å². The minimum absolute atomic E-state index is 0.767. The SMILES string of the molecule is Cc1nc(Nc2cccc(Br)c2)c2cc(C)c(C)cc2n1. The summed E-state index contributed by atoms with van der Waals surface area (Å²) in [6.45, 7) is 6.13. The summed E-state index contributed by atoms with van der Waals surface area (Å²) < 4.78 is 1.04. The quantitative estimate of drug-likeness (QED) is 0.707. The van der Waals surface area contributed by atoms with Crippen molar-refractivity contribution < 1.29 is 0 Å². The molecule has 0 atom stereocenters. The van der Waals surface area contributed by atoms with Crippen molar-refractivity contribution in [2.75, 3.05) is 5.32 Å². The van der Waals surface area contributed by atoms with Crippen molar-refractivity contribution >= 4 is 38.3 Å². The summed E-state index contributed by atoms with van der Waals surface area (Å²) in [6, 6.07) is 12.3. The summed E-state index contributed by atoms with van der Waals surface area (Å²) >= 11 is 3.49. The Morgan fingerprint density at radius 1 is 0.952 bits per heavy atom. The largest absolute Gasteiger partial charge is 0.340 e.